The summed E-state index contributed by atoms with van der Waals surface area (Å²) in [6, 6.07) is 5.58. The molecule has 0 spiro atoms. The molecule has 0 atom stereocenters. The maximum absolute atomic E-state index is 12.3. The Labute approximate surface area is 154 Å². The lowest BCUT2D eigenvalue weighted by molar-refractivity contribution is -0.133. The quantitative estimate of drug-likeness (QED) is 0.867. The number of hydrogen-bond acceptors (Lipinski definition) is 6. The van der Waals surface area contributed by atoms with E-state index in [2.05, 4.69) is 26.8 Å². The second-order valence-corrected chi connectivity index (χ2v) is 6.87. The van der Waals surface area contributed by atoms with E-state index in [9.17, 15) is 9.59 Å². The minimum Gasteiger partial charge on any atom is -0.300 e. The van der Waals surface area contributed by atoms with Gasteiger partial charge in [0, 0.05) is 17.7 Å². The average Bonchev–Trinajstić information content (AvgIpc) is 3.11. The van der Waals surface area contributed by atoms with Gasteiger partial charge in [0.15, 0.2) is 5.13 Å². The van der Waals surface area contributed by atoms with Crippen molar-refractivity contribution < 1.29 is 9.59 Å². The van der Waals surface area contributed by atoms with E-state index in [4.69, 9.17) is 0 Å². The highest BCUT2D eigenvalue weighted by Crippen LogP contribution is 2.25. The Hall–Kier alpha value is -3.00. The van der Waals surface area contributed by atoms with E-state index in [0.29, 0.717) is 10.8 Å². The van der Waals surface area contributed by atoms with Crippen molar-refractivity contribution in [3.63, 3.8) is 0 Å². The Balaban J connectivity index is 1.40. The van der Waals surface area contributed by atoms with Crippen molar-refractivity contribution in [2.75, 3.05) is 11.9 Å². The predicted octanol–water partition coefficient (Wildman–Crippen LogP) is 2.48. The summed E-state index contributed by atoms with van der Waals surface area (Å²) in [5, 5.41) is 6.38. The number of carbonyl (C=O) groups is 2. The maximum Gasteiger partial charge on any atom is 0.265 e. The highest BCUT2D eigenvalue weighted by Gasteiger charge is 2.25. The summed E-state index contributed by atoms with van der Waals surface area (Å²) >= 11 is 1.32. The van der Waals surface area contributed by atoms with Gasteiger partial charge < -0.3 is 5.32 Å². The van der Waals surface area contributed by atoms with E-state index in [0.717, 1.165) is 36.2 Å². The Kier molecular flexibility index (Phi) is 4.49. The van der Waals surface area contributed by atoms with Crippen molar-refractivity contribution >= 4 is 28.3 Å². The van der Waals surface area contributed by atoms with Crippen LogP contribution in [0.2, 0.25) is 0 Å². The number of allylic oxidation sites excluding steroid dienone is 2. The van der Waals surface area contributed by atoms with Crippen molar-refractivity contribution in [2.45, 2.75) is 19.3 Å². The number of pyridine rings is 1. The lowest BCUT2D eigenvalue weighted by Crippen LogP contribution is -2.49. The molecule has 0 saturated carbocycles. The van der Waals surface area contributed by atoms with Gasteiger partial charge in [-0.1, -0.05) is 12.1 Å². The number of hydrogen-bond donors (Lipinski definition) is 2. The van der Waals surface area contributed by atoms with Crippen LogP contribution in [0.15, 0.2) is 53.2 Å². The van der Waals surface area contributed by atoms with Crippen molar-refractivity contribution in [2.24, 2.45) is 0 Å². The third kappa shape index (κ3) is 3.50. The molecule has 0 aromatic carbocycles. The van der Waals surface area contributed by atoms with Crippen LogP contribution in [0.4, 0.5) is 5.13 Å². The van der Waals surface area contributed by atoms with Crippen LogP contribution in [0.5, 0.6) is 0 Å². The van der Waals surface area contributed by atoms with Gasteiger partial charge in [-0.05, 0) is 37.0 Å². The summed E-state index contributed by atoms with van der Waals surface area (Å²) in [5.41, 5.74) is 6.44. The van der Waals surface area contributed by atoms with Gasteiger partial charge >= 0.3 is 0 Å². The second-order valence-electron chi connectivity index (χ2n) is 6.02. The molecule has 26 heavy (non-hydrogen) atoms. The van der Waals surface area contributed by atoms with Gasteiger partial charge in [-0.25, -0.2) is 9.99 Å². The molecule has 2 aliphatic rings. The number of aromatic nitrogens is 2. The molecule has 0 bridgehead atoms. The molecule has 1 aliphatic heterocycles. The summed E-state index contributed by atoms with van der Waals surface area (Å²) in [7, 11) is 0. The number of nitrogens with one attached hydrogen (secondary N) is 2. The molecule has 8 heteroatoms. The monoisotopic (exact) mass is 367 g/mol. The zero-order valence-corrected chi connectivity index (χ0v) is 14.8. The molecule has 0 saturated heterocycles. The van der Waals surface area contributed by atoms with E-state index in [1.54, 1.807) is 12.3 Å². The summed E-state index contributed by atoms with van der Waals surface area (Å²) in [5.74, 6) is -0.511. The van der Waals surface area contributed by atoms with Crippen LogP contribution >= 0.6 is 11.3 Å². The molecular formula is C18H17N5O2S. The highest BCUT2D eigenvalue weighted by molar-refractivity contribution is 7.14. The largest absolute Gasteiger partial charge is 0.300 e. The Morgan fingerprint density at radius 3 is 3.12 bits per heavy atom. The molecule has 2 N–H and O–H groups in total. The number of anilines is 1. The molecule has 2 aromatic heterocycles. The first kappa shape index (κ1) is 16.5. The highest BCUT2D eigenvalue weighted by atomic mass is 32.1. The average molecular weight is 367 g/mol. The maximum atomic E-state index is 12.3. The zero-order valence-electron chi connectivity index (χ0n) is 13.9. The minimum absolute atomic E-state index is 0.0849. The molecule has 4 rings (SSSR count). The first-order chi connectivity index (χ1) is 12.7. The lowest BCUT2D eigenvalue weighted by Gasteiger charge is -2.31. The van der Waals surface area contributed by atoms with Gasteiger partial charge in [-0.2, -0.15) is 0 Å². The summed E-state index contributed by atoms with van der Waals surface area (Å²) in [6.45, 7) is -0.0849. The number of nitrogens with zero attached hydrogens (tertiary/aromatic N) is 3. The van der Waals surface area contributed by atoms with Crippen LogP contribution in [0.25, 0.3) is 11.4 Å². The summed E-state index contributed by atoms with van der Waals surface area (Å²) in [4.78, 5) is 33.1. The van der Waals surface area contributed by atoms with Crippen LogP contribution in [-0.2, 0) is 9.59 Å². The van der Waals surface area contributed by atoms with Crippen LogP contribution < -0.4 is 10.7 Å². The molecule has 2 amide bonds. The van der Waals surface area contributed by atoms with Crippen molar-refractivity contribution in [3.8, 4) is 11.4 Å². The number of amides is 2. The third-order valence-corrected chi connectivity index (χ3v) is 4.90. The van der Waals surface area contributed by atoms with Crippen LogP contribution in [0.3, 0.4) is 0 Å². The van der Waals surface area contributed by atoms with Crippen molar-refractivity contribution in [3.05, 3.63) is 53.2 Å². The van der Waals surface area contributed by atoms with E-state index >= 15 is 0 Å². The third-order valence-electron chi connectivity index (χ3n) is 4.14. The fourth-order valence-corrected chi connectivity index (χ4v) is 3.60. The Bertz CT molecular complexity index is 903. The SMILES string of the molecule is O=C(CN1NC2=CCCCC2=CC1=O)Nc1nc(-c2ccccn2)cs1. The van der Waals surface area contributed by atoms with E-state index in [1.165, 1.54) is 16.3 Å². The van der Waals surface area contributed by atoms with Gasteiger partial charge in [0.05, 0.1) is 11.4 Å². The number of carbonyl (C=O) groups excluding carboxylic acids is 2. The van der Waals surface area contributed by atoms with E-state index < -0.39 is 0 Å². The molecular weight excluding hydrogens is 350 g/mol. The number of hydrazine groups is 1. The van der Waals surface area contributed by atoms with E-state index in [1.807, 2.05) is 23.6 Å². The van der Waals surface area contributed by atoms with Gasteiger partial charge in [-0.3, -0.25) is 20.0 Å². The van der Waals surface area contributed by atoms with Crippen LogP contribution in [0, 0.1) is 0 Å². The molecule has 132 valence electrons. The first-order valence-corrected chi connectivity index (χ1v) is 9.23. The topological polar surface area (TPSA) is 87.2 Å². The van der Waals surface area contributed by atoms with Crippen LogP contribution in [-0.4, -0.2) is 33.3 Å². The van der Waals surface area contributed by atoms with Gasteiger partial charge in [0.25, 0.3) is 5.91 Å². The standard InChI is InChI=1S/C18H17N5O2S/c24-16(10-23-17(25)9-12-5-1-2-6-13(12)22-23)21-18-20-15(11-26-18)14-7-3-4-8-19-14/h3-4,6-9,11,22H,1-2,5,10H2,(H,20,21,24). The fraction of sp³-hybridized carbons (Fsp3) is 0.222. The Morgan fingerprint density at radius 1 is 1.35 bits per heavy atom. The lowest BCUT2D eigenvalue weighted by atomic mass is 9.97. The second kappa shape index (κ2) is 7.09. The van der Waals surface area contributed by atoms with Gasteiger partial charge in [0.1, 0.15) is 12.2 Å². The zero-order chi connectivity index (χ0) is 17.9. The minimum atomic E-state index is -0.305. The predicted molar refractivity (Wildman–Crippen MR) is 98.8 cm³/mol. The smallest absolute Gasteiger partial charge is 0.265 e. The van der Waals surface area contributed by atoms with E-state index in [-0.39, 0.29) is 18.4 Å². The molecule has 0 fully saturated rings. The first-order valence-electron chi connectivity index (χ1n) is 8.35. The number of rotatable bonds is 4. The normalized spacial score (nSPS) is 16.3. The van der Waals surface area contributed by atoms with Gasteiger partial charge in [0.2, 0.25) is 5.91 Å². The molecule has 1 aliphatic carbocycles. The molecule has 2 aromatic rings. The van der Waals surface area contributed by atoms with Crippen molar-refractivity contribution in [1.29, 1.82) is 0 Å². The van der Waals surface area contributed by atoms with Crippen LogP contribution in [0.1, 0.15) is 19.3 Å². The van der Waals surface area contributed by atoms with Crippen molar-refractivity contribution in [1.82, 2.24) is 20.4 Å². The summed E-state index contributed by atoms with van der Waals surface area (Å²) < 4.78 is 0. The summed E-state index contributed by atoms with van der Waals surface area (Å²) in [6.07, 6.45) is 8.28. The fourth-order valence-electron chi connectivity index (χ4n) is 2.88. The molecule has 7 nitrogen and oxygen atoms in total. The van der Waals surface area contributed by atoms with Gasteiger partial charge in [-0.15, -0.1) is 11.3 Å². The molecule has 3 heterocycles. The number of thiazole rings is 1. The number of fused-ring (bicyclic) bond motifs is 1. The Morgan fingerprint density at radius 2 is 2.27 bits per heavy atom. The molecule has 0 radical (unpaired) electrons. The molecule has 0 unspecified atom stereocenters.